The van der Waals surface area contributed by atoms with E-state index in [-0.39, 0.29) is 0 Å². The Hall–Kier alpha value is -0.860. The monoisotopic (exact) mass is 284 g/mol. The van der Waals surface area contributed by atoms with Crippen LogP contribution in [0.4, 0.5) is 0 Å². The quantitative estimate of drug-likeness (QED) is 0.658. The number of benzene rings is 1. The standard InChI is InChI=1S/C19H28N2/c1-10-6-11(2)15(12(3)7-10)9-16(21-20)19-17-13-4-5-14(8-13)18(17)19/h6-7,13-14,16-19,21H,4-5,8-9,20H2,1-3H3. The van der Waals surface area contributed by atoms with Gasteiger partial charge >= 0.3 is 0 Å². The van der Waals surface area contributed by atoms with Gasteiger partial charge in [0, 0.05) is 6.04 Å². The smallest absolute Gasteiger partial charge is 0.0285 e. The van der Waals surface area contributed by atoms with Crippen LogP contribution in [0, 0.1) is 50.4 Å². The van der Waals surface area contributed by atoms with Crippen LogP contribution in [0.25, 0.3) is 0 Å². The van der Waals surface area contributed by atoms with Crippen molar-refractivity contribution < 1.29 is 0 Å². The highest BCUT2D eigenvalue weighted by Crippen LogP contribution is 2.70. The lowest BCUT2D eigenvalue weighted by Gasteiger charge is -2.22. The first-order valence-electron chi connectivity index (χ1n) is 8.63. The van der Waals surface area contributed by atoms with Gasteiger partial charge < -0.3 is 0 Å². The maximum atomic E-state index is 5.96. The molecule has 2 bridgehead atoms. The molecule has 1 aromatic rings. The Bertz CT molecular complexity index is 526. The summed E-state index contributed by atoms with van der Waals surface area (Å²) in [6, 6.07) is 5.10. The molecule has 3 fully saturated rings. The van der Waals surface area contributed by atoms with Gasteiger partial charge in [0.05, 0.1) is 0 Å². The molecule has 3 saturated carbocycles. The minimum absolute atomic E-state index is 0.475. The van der Waals surface area contributed by atoms with Crippen LogP contribution >= 0.6 is 0 Å². The van der Waals surface area contributed by atoms with Crippen molar-refractivity contribution in [3.05, 3.63) is 34.4 Å². The highest BCUT2D eigenvalue weighted by atomic mass is 15.2. The molecule has 2 nitrogen and oxygen atoms in total. The zero-order valence-corrected chi connectivity index (χ0v) is 13.5. The van der Waals surface area contributed by atoms with E-state index < -0.39 is 0 Å². The molecule has 0 aliphatic heterocycles. The minimum Gasteiger partial charge on any atom is -0.271 e. The lowest BCUT2D eigenvalue weighted by Crippen LogP contribution is -2.40. The van der Waals surface area contributed by atoms with Gasteiger partial charge in [-0.1, -0.05) is 17.7 Å². The highest BCUT2D eigenvalue weighted by molar-refractivity contribution is 5.38. The van der Waals surface area contributed by atoms with Gasteiger partial charge in [-0.05, 0) is 92.7 Å². The molecule has 3 aliphatic rings. The van der Waals surface area contributed by atoms with E-state index in [1.165, 1.54) is 41.5 Å². The van der Waals surface area contributed by atoms with Crippen molar-refractivity contribution in [1.29, 1.82) is 0 Å². The largest absolute Gasteiger partial charge is 0.271 e. The van der Waals surface area contributed by atoms with E-state index in [1.54, 1.807) is 0 Å². The van der Waals surface area contributed by atoms with Crippen molar-refractivity contribution in [2.45, 2.75) is 52.5 Å². The SMILES string of the molecule is Cc1cc(C)c(CC(NN)C2C3C4CCC(C4)C32)c(C)c1. The second kappa shape index (κ2) is 4.82. The molecule has 3 N–H and O–H groups in total. The summed E-state index contributed by atoms with van der Waals surface area (Å²) in [6.07, 6.45) is 5.60. The Morgan fingerprint density at radius 1 is 1.10 bits per heavy atom. The van der Waals surface area contributed by atoms with Gasteiger partial charge in [-0.3, -0.25) is 11.3 Å². The first-order valence-corrected chi connectivity index (χ1v) is 8.63. The number of hydrogen-bond donors (Lipinski definition) is 2. The lowest BCUT2D eigenvalue weighted by atomic mass is 9.89. The van der Waals surface area contributed by atoms with E-state index in [9.17, 15) is 0 Å². The van der Waals surface area contributed by atoms with E-state index in [2.05, 4.69) is 38.3 Å². The topological polar surface area (TPSA) is 38.0 Å². The van der Waals surface area contributed by atoms with E-state index in [1.807, 2.05) is 0 Å². The fourth-order valence-corrected chi connectivity index (χ4v) is 5.99. The third-order valence-electron chi connectivity index (χ3n) is 6.74. The minimum atomic E-state index is 0.475. The van der Waals surface area contributed by atoms with Crippen molar-refractivity contribution >= 4 is 0 Å². The van der Waals surface area contributed by atoms with Crippen LogP contribution < -0.4 is 11.3 Å². The summed E-state index contributed by atoms with van der Waals surface area (Å²) >= 11 is 0. The normalized spacial score (nSPS) is 37.6. The maximum Gasteiger partial charge on any atom is 0.0285 e. The molecule has 2 heteroatoms. The summed E-state index contributed by atoms with van der Waals surface area (Å²) in [5.74, 6) is 10.9. The number of hydrogen-bond acceptors (Lipinski definition) is 2. The van der Waals surface area contributed by atoms with Gasteiger partial charge in [0.25, 0.3) is 0 Å². The van der Waals surface area contributed by atoms with E-state index in [4.69, 9.17) is 5.84 Å². The Morgan fingerprint density at radius 3 is 2.19 bits per heavy atom. The average molecular weight is 284 g/mol. The summed E-state index contributed by atoms with van der Waals surface area (Å²) in [5.41, 5.74) is 8.93. The van der Waals surface area contributed by atoms with Crippen molar-refractivity contribution in [2.24, 2.45) is 35.4 Å². The second-order valence-corrected chi connectivity index (χ2v) is 7.92. The van der Waals surface area contributed by atoms with E-state index in [0.29, 0.717) is 6.04 Å². The summed E-state index contributed by atoms with van der Waals surface area (Å²) in [6.45, 7) is 6.69. The third-order valence-corrected chi connectivity index (χ3v) is 6.74. The molecular weight excluding hydrogens is 256 g/mol. The van der Waals surface area contributed by atoms with Crippen LogP contribution in [0.15, 0.2) is 12.1 Å². The van der Waals surface area contributed by atoms with Crippen LogP contribution in [0.2, 0.25) is 0 Å². The Kier molecular flexibility index (Phi) is 3.16. The summed E-state index contributed by atoms with van der Waals surface area (Å²) in [7, 11) is 0. The third kappa shape index (κ3) is 2.07. The highest BCUT2D eigenvalue weighted by Gasteiger charge is 2.66. The van der Waals surface area contributed by atoms with Crippen molar-refractivity contribution in [3.63, 3.8) is 0 Å². The van der Waals surface area contributed by atoms with Gasteiger partial charge in [-0.15, -0.1) is 0 Å². The van der Waals surface area contributed by atoms with Gasteiger partial charge in [-0.2, -0.15) is 0 Å². The predicted octanol–water partition coefficient (Wildman–Crippen LogP) is 3.28. The summed E-state index contributed by atoms with van der Waals surface area (Å²) in [5, 5.41) is 0. The predicted molar refractivity (Wildman–Crippen MR) is 86.8 cm³/mol. The average Bonchev–Trinajstić information content (AvgIpc) is 2.86. The number of nitrogens with two attached hydrogens (primary N) is 1. The Labute approximate surface area is 128 Å². The zero-order chi connectivity index (χ0) is 14.7. The molecule has 5 unspecified atom stereocenters. The fraction of sp³-hybridized carbons (Fsp3) is 0.684. The molecular formula is C19H28N2. The van der Waals surface area contributed by atoms with Crippen LogP contribution in [0.5, 0.6) is 0 Å². The second-order valence-electron chi connectivity index (χ2n) is 7.92. The van der Waals surface area contributed by atoms with E-state index in [0.717, 1.165) is 36.0 Å². The molecule has 114 valence electrons. The van der Waals surface area contributed by atoms with Crippen molar-refractivity contribution in [2.75, 3.05) is 0 Å². The molecule has 0 saturated heterocycles. The fourth-order valence-electron chi connectivity index (χ4n) is 5.99. The zero-order valence-electron chi connectivity index (χ0n) is 13.5. The maximum absolute atomic E-state index is 5.96. The van der Waals surface area contributed by atoms with Gasteiger partial charge in [0.2, 0.25) is 0 Å². The number of hydrazine groups is 1. The molecule has 0 heterocycles. The number of fused-ring (bicyclic) bond motifs is 5. The molecule has 4 rings (SSSR count). The molecule has 3 aliphatic carbocycles. The number of rotatable bonds is 4. The first kappa shape index (κ1) is 13.8. The van der Waals surface area contributed by atoms with Crippen molar-refractivity contribution in [1.82, 2.24) is 5.43 Å². The molecule has 5 atom stereocenters. The van der Waals surface area contributed by atoms with Crippen LogP contribution in [-0.4, -0.2) is 6.04 Å². The van der Waals surface area contributed by atoms with Gasteiger partial charge in [-0.25, -0.2) is 0 Å². The van der Waals surface area contributed by atoms with Gasteiger partial charge in [0.15, 0.2) is 0 Å². The molecule has 0 radical (unpaired) electrons. The van der Waals surface area contributed by atoms with E-state index >= 15 is 0 Å². The molecule has 1 aromatic carbocycles. The lowest BCUT2D eigenvalue weighted by molar-refractivity contribution is 0.364. The van der Waals surface area contributed by atoms with Crippen LogP contribution in [0.3, 0.4) is 0 Å². The Morgan fingerprint density at radius 2 is 1.67 bits per heavy atom. The van der Waals surface area contributed by atoms with Crippen LogP contribution in [0.1, 0.15) is 41.5 Å². The Balaban J connectivity index is 1.54. The van der Waals surface area contributed by atoms with Crippen LogP contribution in [-0.2, 0) is 6.42 Å². The number of nitrogens with one attached hydrogen (secondary N) is 1. The molecule has 21 heavy (non-hydrogen) atoms. The van der Waals surface area contributed by atoms with Crippen molar-refractivity contribution in [3.8, 4) is 0 Å². The molecule has 0 amide bonds. The molecule has 0 spiro atoms. The summed E-state index contributed by atoms with van der Waals surface area (Å²) < 4.78 is 0. The summed E-state index contributed by atoms with van der Waals surface area (Å²) in [4.78, 5) is 0. The van der Waals surface area contributed by atoms with Gasteiger partial charge in [0.1, 0.15) is 0 Å². The first-order chi connectivity index (χ1) is 10.1. The number of aryl methyl sites for hydroxylation is 3. The molecule has 0 aromatic heterocycles.